The molecule has 0 spiro atoms. The van der Waals surface area contributed by atoms with E-state index < -0.39 is 0 Å². The van der Waals surface area contributed by atoms with Crippen LogP contribution in [-0.4, -0.2) is 24.9 Å². The standard InChI is InChI=1S/C80H134Br2Cl2N2O2/c1-5-9-13-17-21-25-29-33-37-41-45-49-55-67(56-50-46-42-38-34-30-26-22-18-14-10-6-2)59-53-61-85-75-65-71(81)73(83)63-69(75)77(79(85)87)78-70-64-74(84)72(82)66-76(70)86(80(78)88)62-54-60-68(57-51-47-43-39-35-31-27-23-19-15-11-7-3)58-52-48-44-40-36-32-28-24-20-16-12-8-4/h63-68H,5-62H2,1-4H3/b78-77-. The molecule has 8 heteroatoms. The number of benzene rings is 2. The molecule has 2 amide bonds. The molecule has 0 N–H and O–H groups in total. The summed E-state index contributed by atoms with van der Waals surface area (Å²) in [5.74, 6) is 1.15. The summed E-state index contributed by atoms with van der Waals surface area (Å²) in [6.07, 6.45) is 75.4. The number of anilines is 2. The number of amides is 2. The monoisotopic (exact) mass is 1380 g/mol. The zero-order valence-electron chi connectivity index (χ0n) is 57.7. The molecule has 0 aromatic heterocycles. The molecule has 2 aliphatic heterocycles. The Morgan fingerprint density at radius 1 is 0.295 bits per heavy atom. The van der Waals surface area contributed by atoms with Crippen molar-refractivity contribution in [3.8, 4) is 0 Å². The average Bonchev–Trinajstić information content (AvgIpc) is 1.61. The Balaban J connectivity index is 1.41. The molecule has 4 nitrogen and oxygen atoms in total. The molecule has 0 unspecified atom stereocenters. The van der Waals surface area contributed by atoms with E-state index in [1.165, 1.54) is 334 Å². The number of carbonyl (C=O) groups excluding carboxylic acids is 2. The third kappa shape index (κ3) is 32.7. The van der Waals surface area contributed by atoms with Crippen molar-refractivity contribution in [2.75, 3.05) is 22.9 Å². The molecule has 0 saturated carbocycles. The minimum atomic E-state index is -0.0947. The van der Waals surface area contributed by atoms with Gasteiger partial charge in [0, 0.05) is 33.2 Å². The van der Waals surface area contributed by atoms with Gasteiger partial charge in [0.05, 0.1) is 32.6 Å². The van der Waals surface area contributed by atoms with Crippen LogP contribution in [0.3, 0.4) is 0 Å². The highest BCUT2D eigenvalue weighted by molar-refractivity contribution is 9.10. The zero-order valence-corrected chi connectivity index (χ0v) is 62.4. The van der Waals surface area contributed by atoms with Crippen molar-refractivity contribution < 1.29 is 9.59 Å². The minimum absolute atomic E-state index is 0.0947. The van der Waals surface area contributed by atoms with Gasteiger partial charge in [0.2, 0.25) is 0 Å². The van der Waals surface area contributed by atoms with E-state index in [2.05, 4.69) is 59.6 Å². The second kappa shape index (κ2) is 52.0. The van der Waals surface area contributed by atoms with E-state index >= 15 is 9.59 Å². The third-order valence-corrected chi connectivity index (χ3v) is 22.6. The van der Waals surface area contributed by atoms with Gasteiger partial charge >= 0.3 is 0 Å². The van der Waals surface area contributed by atoms with Gasteiger partial charge in [-0.3, -0.25) is 9.59 Å². The van der Waals surface area contributed by atoms with Gasteiger partial charge in [-0.25, -0.2) is 0 Å². The van der Waals surface area contributed by atoms with Crippen LogP contribution in [0, 0.1) is 11.8 Å². The van der Waals surface area contributed by atoms with Crippen molar-refractivity contribution in [2.24, 2.45) is 11.8 Å². The van der Waals surface area contributed by atoms with Crippen LogP contribution in [0.2, 0.25) is 10.0 Å². The van der Waals surface area contributed by atoms with Crippen molar-refractivity contribution in [2.45, 2.75) is 387 Å². The number of rotatable bonds is 60. The molecule has 0 bridgehead atoms. The summed E-state index contributed by atoms with van der Waals surface area (Å²) in [5.41, 5.74) is 4.13. The SMILES string of the molecule is CCCCCCCCCCCCCCC(CCCCCCCCCCCCCC)CCCN1C(=O)/C(=C2\C(=O)N(CCCC(CCCCCCCCCCCCCC)CCCCCCCCCCCCCC)c3cc(Br)c(Cl)cc32)c2cc(Cl)c(Br)cc21. The Morgan fingerprint density at radius 3 is 0.705 bits per heavy atom. The van der Waals surface area contributed by atoms with E-state index in [0.717, 1.165) is 57.1 Å². The minimum Gasteiger partial charge on any atom is -0.308 e. The van der Waals surface area contributed by atoms with E-state index in [4.69, 9.17) is 23.2 Å². The maximum atomic E-state index is 15.3. The number of fused-ring (bicyclic) bond motifs is 2. The second-order valence-electron chi connectivity index (χ2n) is 28.0. The fourth-order valence-corrected chi connectivity index (χ4v) is 15.6. The van der Waals surface area contributed by atoms with Gasteiger partial charge in [-0.15, -0.1) is 0 Å². The van der Waals surface area contributed by atoms with Gasteiger partial charge in [-0.1, -0.05) is 385 Å². The predicted molar refractivity (Wildman–Crippen MR) is 398 cm³/mol. The third-order valence-electron chi connectivity index (χ3n) is 20.2. The molecule has 2 heterocycles. The summed E-state index contributed by atoms with van der Waals surface area (Å²) >= 11 is 21.3. The maximum Gasteiger partial charge on any atom is 0.259 e. The normalized spacial score (nSPS) is 14.1. The molecule has 4 rings (SSSR count). The lowest BCUT2D eigenvalue weighted by molar-refractivity contribution is -0.114. The largest absolute Gasteiger partial charge is 0.308 e. The van der Waals surface area contributed by atoms with Crippen LogP contribution in [0.5, 0.6) is 0 Å². The summed E-state index contributed by atoms with van der Waals surface area (Å²) in [5, 5.41) is 1.08. The number of carbonyl (C=O) groups is 2. The highest BCUT2D eigenvalue weighted by Gasteiger charge is 2.43. The Labute approximate surface area is 571 Å². The maximum absolute atomic E-state index is 15.3. The van der Waals surface area contributed by atoms with Gasteiger partial charge in [0.25, 0.3) is 11.8 Å². The van der Waals surface area contributed by atoms with Crippen molar-refractivity contribution >= 4 is 89.4 Å². The highest BCUT2D eigenvalue weighted by atomic mass is 79.9. The van der Waals surface area contributed by atoms with Crippen LogP contribution in [0.25, 0.3) is 11.1 Å². The number of unbranched alkanes of at least 4 members (excludes halogenated alkanes) is 44. The van der Waals surface area contributed by atoms with Gasteiger partial charge in [-0.05, 0) is 93.6 Å². The molecular formula is C80H134Br2Cl2N2O2. The average molecular weight is 1390 g/mol. The predicted octanol–water partition coefficient (Wildman–Crippen LogP) is 29.3. The molecule has 0 saturated heterocycles. The van der Waals surface area contributed by atoms with Gasteiger partial charge < -0.3 is 9.80 Å². The van der Waals surface area contributed by atoms with Gasteiger partial charge in [0.1, 0.15) is 0 Å². The zero-order chi connectivity index (χ0) is 63.1. The molecular weight excluding hydrogens is 1250 g/mol. The smallest absolute Gasteiger partial charge is 0.259 e. The molecule has 0 atom stereocenters. The van der Waals surface area contributed by atoms with Crippen molar-refractivity contribution in [3.05, 3.63) is 54.4 Å². The molecule has 504 valence electrons. The number of hydrogen-bond acceptors (Lipinski definition) is 2. The van der Waals surface area contributed by atoms with E-state index in [9.17, 15) is 0 Å². The quantitative estimate of drug-likeness (QED) is 0.0489. The molecule has 88 heavy (non-hydrogen) atoms. The molecule has 0 fully saturated rings. The first-order valence-corrected chi connectivity index (χ1v) is 40.9. The highest BCUT2D eigenvalue weighted by Crippen LogP contribution is 2.50. The van der Waals surface area contributed by atoms with Crippen molar-refractivity contribution in [1.29, 1.82) is 0 Å². The van der Waals surface area contributed by atoms with Crippen LogP contribution >= 0.6 is 55.1 Å². The Morgan fingerprint density at radius 2 is 0.489 bits per heavy atom. The summed E-state index contributed by atoms with van der Waals surface area (Å²) < 4.78 is 1.53. The lowest BCUT2D eigenvalue weighted by Crippen LogP contribution is -2.30. The molecule has 2 aromatic rings. The second-order valence-corrected chi connectivity index (χ2v) is 30.5. The van der Waals surface area contributed by atoms with E-state index in [1.54, 1.807) is 0 Å². The topological polar surface area (TPSA) is 40.6 Å². The Kier molecular flexibility index (Phi) is 46.7. The first-order chi connectivity index (χ1) is 43.2. The van der Waals surface area contributed by atoms with Crippen LogP contribution in [0.15, 0.2) is 33.2 Å². The lowest BCUT2D eigenvalue weighted by Gasteiger charge is -2.21. The van der Waals surface area contributed by atoms with Crippen molar-refractivity contribution in [1.82, 2.24) is 0 Å². The van der Waals surface area contributed by atoms with Crippen LogP contribution in [0.1, 0.15) is 398 Å². The molecule has 0 radical (unpaired) electrons. The number of hydrogen-bond donors (Lipinski definition) is 0. The van der Waals surface area contributed by atoms with Crippen LogP contribution in [0.4, 0.5) is 11.4 Å². The van der Waals surface area contributed by atoms with Gasteiger partial charge in [-0.2, -0.15) is 0 Å². The fourth-order valence-electron chi connectivity index (χ4n) is 14.6. The summed E-state index contributed by atoms with van der Waals surface area (Å²) in [4.78, 5) is 34.5. The van der Waals surface area contributed by atoms with Crippen LogP contribution in [-0.2, 0) is 9.59 Å². The first-order valence-electron chi connectivity index (χ1n) is 38.5. The van der Waals surface area contributed by atoms with E-state index in [-0.39, 0.29) is 11.8 Å². The lowest BCUT2D eigenvalue weighted by atomic mass is 9.90. The van der Waals surface area contributed by atoms with E-state index in [0.29, 0.717) is 46.1 Å². The molecule has 2 aliphatic rings. The van der Waals surface area contributed by atoms with Gasteiger partial charge in [0.15, 0.2) is 0 Å². The summed E-state index contributed by atoms with van der Waals surface area (Å²) in [7, 11) is 0. The number of halogens is 4. The Hall–Kier alpha value is -1.34. The van der Waals surface area contributed by atoms with E-state index in [1.807, 2.05) is 34.1 Å². The summed E-state index contributed by atoms with van der Waals surface area (Å²) in [6.45, 7) is 10.5. The van der Waals surface area contributed by atoms with Crippen LogP contribution < -0.4 is 9.80 Å². The Bertz CT molecular complexity index is 1940. The molecule has 0 aliphatic carbocycles. The first kappa shape index (κ1) is 79.1. The van der Waals surface area contributed by atoms with Crippen molar-refractivity contribution in [3.63, 3.8) is 0 Å². The molecule has 2 aromatic carbocycles. The fraction of sp³-hybridized carbons (Fsp3) is 0.800. The summed E-state index contributed by atoms with van der Waals surface area (Å²) in [6, 6.07) is 7.85. The number of nitrogens with zero attached hydrogens (tertiary/aromatic N) is 2.